The van der Waals surface area contributed by atoms with Gasteiger partial charge in [-0.1, -0.05) is 66.4 Å². The fraction of sp³-hybridized carbons (Fsp3) is 0.167. The maximum atomic E-state index is 10.9. The molecule has 30 heavy (non-hydrogen) atoms. The minimum absolute atomic E-state index is 0.517. The molecule has 0 aliphatic rings. The molecule has 5 rings (SSSR count). The van der Waals surface area contributed by atoms with Gasteiger partial charge in [0.05, 0.1) is 18.3 Å². The number of aliphatic hydroxyl groups is 1. The number of rotatable bonds is 6. The molecule has 0 amide bonds. The van der Waals surface area contributed by atoms with Gasteiger partial charge in [-0.15, -0.1) is 10.2 Å². The number of thioether (sulfide) groups is 1. The second-order valence-electron chi connectivity index (χ2n) is 7.38. The molecule has 2 heterocycles. The highest BCUT2D eigenvalue weighted by Crippen LogP contribution is 2.29. The summed E-state index contributed by atoms with van der Waals surface area (Å²) in [5.74, 6) is 0.533. The predicted molar refractivity (Wildman–Crippen MR) is 122 cm³/mol. The van der Waals surface area contributed by atoms with Crippen LogP contribution in [0.25, 0.3) is 27.5 Å². The SMILES string of the molecule is Cc1ccccc1-n1cnnc1SC[C@@H](O)Cn1c2ccccc2c2ccccc21. The summed E-state index contributed by atoms with van der Waals surface area (Å²) in [6.07, 6.45) is 1.21. The Bertz CT molecular complexity index is 1270. The molecule has 0 saturated carbocycles. The average Bonchev–Trinajstić information content (AvgIpc) is 3.36. The van der Waals surface area contributed by atoms with E-state index in [4.69, 9.17) is 0 Å². The monoisotopic (exact) mass is 414 g/mol. The van der Waals surface area contributed by atoms with Crippen LogP contribution in [0.5, 0.6) is 0 Å². The number of para-hydroxylation sites is 3. The smallest absolute Gasteiger partial charge is 0.195 e. The van der Waals surface area contributed by atoms with Crippen LogP contribution < -0.4 is 0 Å². The molecule has 5 aromatic rings. The first-order valence-electron chi connectivity index (χ1n) is 9.95. The third kappa shape index (κ3) is 3.38. The number of hydrogen-bond acceptors (Lipinski definition) is 4. The van der Waals surface area contributed by atoms with Crippen molar-refractivity contribution in [1.82, 2.24) is 19.3 Å². The highest BCUT2D eigenvalue weighted by Gasteiger charge is 2.15. The van der Waals surface area contributed by atoms with Crippen molar-refractivity contribution >= 4 is 33.6 Å². The van der Waals surface area contributed by atoms with Crippen molar-refractivity contribution in [1.29, 1.82) is 0 Å². The third-order valence-electron chi connectivity index (χ3n) is 5.37. The highest BCUT2D eigenvalue weighted by molar-refractivity contribution is 7.99. The first kappa shape index (κ1) is 18.9. The van der Waals surface area contributed by atoms with Gasteiger partial charge in [0.1, 0.15) is 6.33 Å². The van der Waals surface area contributed by atoms with Gasteiger partial charge in [-0.3, -0.25) is 4.57 Å². The zero-order valence-electron chi connectivity index (χ0n) is 16.6. The number of nitrogens with zero attached hydrogens (tertiary/aromatic N) is 4. The van der Waals surface area contributed by atoms with Crippen LogP contribution in [-0.2, 0) is 6.54 Å². The molecule has 0 radical (unpaired) electrons. The van der Waals surface area contributed by atoms with E-state index < -0.39 is 6.10 Å². The molecule has 150 valence electrons. The molecule has 0 fully saturated rings. The Balaban J connectivity index is 1.38. The minimum atomic E-state index is -0.517. The van der Waals surface area contributed by atoms with E-state index >= 15 is 0 Å². The van der Waals surface area contributed by atoms with Gasteiger partial charge in [-0.05, 0) is 30.7 Å². The summed E-state index contributed by atoms with van der Waals surface area (Å²) in [6, 6.07) is 24.9. The molecular weight excluding hydrogens is 392 g/mol. The van der Waals surface area contributed by atoms with Crippen molar-refractivity contribution in [2.24, 2.45) is 0 Å². The minimum Gasteiger partial charge on any atom is -0.390 e. The number of aromatic nitrogens is 4. The predicted octanol–water partition coefficient (Wildman–Crippen LogP) is 4.84. The van der Waals surface area contributed by atoms with Crippen molar-refractivity contribution in [3.05, 3.63) is 84.7 Å². The van der Waals surface area contributed by atoms with E-state index in [1.807, 2.05) is 28.8 Å². The van der Waals surface area contributed by atoms with E-state index in [-0.39, 0.29) is 0 Å². The van der Waals surface area contributed by atoms with Gasteiger partial charge in [0, 0.05) is 27.6 Å². The topological polar surface area (TPSA) is 55.9 Å². The fourth-order valence-corrected chi connectivity index (χ4v) is 4.79. The van der Waals surface area contributed by atoms with Crippen molar-refractivity contribution in [3.63, 3.8) is 0 Å². The highest BCUT2D eigenvalue weighted by atomic mass is 32.2. The summed E-state index contributed by atoms with van der Waals surface area (Å²) in [5, 5.41) is 22.4. The lowest BCUT2D eigenvalue weighted by Gasteiger charge is -2.14. The molecular formula is C24H22N4OS. The first-order chi connectivity index (χ1) is 14.7. The number of fused-ring (bicyclic) bond motifs is 3. The molecule has 5 nitrogen and oxygen atoms in total. The van der Waals surface area contributed by atoms with Gasteiger partial charge in [0.25, 0.3) is 0 Å². The van der Waals surface area contributed by atoms with Crippen LogP contribution in [0, 0.1) is 6.92 Å². The van der Waals surface area contributed by atoms with Gasteiger partial charge in [0.2, 0.25) is 0 Å². The molecule has 0 spiro atoms. The Hall–Kier alpha value is -3.09. The van der Waals surface area contributed by atoms with E-state index in [0.29, 0.717) is 12.3 Å². The van der Waals surface area contributed by atoms with Crippen molar-refractivity contribution in [2.45, 2.75) is 24.7 Å². The Morgan fingerprint density at radius 2 is 1.53 bits per heavy atom. The standard InChI is InChI=1S/C24H22N4OS/c1-17-8-2-5-11-21(17)28-16-25-26-24(28)30-15-18(29)14-27-22-12-6-3-9-19(22)20-10-4-7-13-23(20)27/h2-13,16,18,29H,14-15H2,1H3/t18-/m0/s1. The lowest BCUT2D eigenvalue weighted by atomic mass is 10.2. The number of hydrogen-bond donors (Lipinski definition) is 1. The molecule has 0 saturated heterocycles. The molecule has 3 aromatic carbocycles. The van der Waals surface area contributed by atoms with Crippen LogP contribution >= 0.6 is 11.8 Å². The summed E-state index contributed by atoms with van der Waals surface area (Å²) >= 11 is 1.52. The van der Waals surface area contributed by atoms with Crippen molar-refractivity contribution in [2.75, 3.05) is 5.75 Å². The van der Waals surface area contributed by atoms with Crippen molar-refractivity contribution < 1.29 is 5.11 Å². The van der Waals surface area contributed by atoms with Gasteiger partial charge in [0.15, 0.2) is 5.16 Å². The van der Waals surface area contributed by atoms with E-state index in [0.717, 1.165) is 27.4 Å². The number of benzene rings is 3. The van der Waals surface area contributed by atoms with Crippen molar-refractivity contribution in [3.8, 4) is 5.69 Å². The van der Waals surface area contributed by atoms with Crippen LogP contribution in [0.15, 0.2) is 84.3 Å². The molecule has 0 bridgehead atoms. The fourth-order valence-electron chi connectivity index (χ4n) is 3.96. The van der Waals surface area contributed by atoms with E-state index in [9.17, 15) is 5.11 Å². The van der Waals surface area contributed by atoms with Gasteiger partial charge in [-0.25, -0.2) is 0 Å². The largest absolute Gasteiger partial charge is 0.390 e. The average molecular weight is 415 g/mol. The van der Waals surface area contributed by atoms with Crippen LogP contribution in [-0.4, -0.2) is 36.3 Å². The summed E-state index contributed by atoms with van der Waals surface area (Å²) in [5.41, 5.74) is 4.50. The van der Waals surface area contributed by atoms with Crippen LogP contribution in [0.2, 0.25) is 0 Å². The summed E-state index contributed by atoms with van der Waals surface area (Å²) in [4.78, 5) is 0. The first-order valence-corrected chi connectivity index (χ1v) is 10.9. The summed E-state index contributed by atoms with van der Waals surface area (Å²) in [6.45, 7) is 2.60. The second kappa shape index (κ2) is 7.97. The number of aryl methyl sites for hydroxylation is 1. The third-order valence-corrected chi connectivity index (χ3v) is 6.46. The van der Waals surface area contributed by atoms with Gasteiger partial charge >= 0.3 is 0 Å². The van der Waals surface area contributed by atoms with Crippen LogP contribution in [0.1, 0.15) is 5.56 Å². The Morgan fingerprint density at radius 3 is 2.23 bits per heavy atom. The van der Waals surface area contributed by atoms with Crippen LogP contribution in [0.4, 0.5) is 0 Å². The molecule has 0 unspecified atom stereocenters. The molecule has 1 atom stereocenters. The maximum absolute atomic E-state index is 10.9. The van der Waals surface area contributed by atoms with Crippen LogP contribution in [0.3, 0.4) is 0 Å². The summed E-state index contributed by atoms with van der Waals surface area (Å²) < 4.78 is 4.19. The molecule has 0 aliphatic carbocycles. The lowest BCUT2D eigenvalue weighted by molar-refractivity contribution is 0.181. The molecule has 1 N–H and O–H groups in total. The van der Waals surface area contributed by atoms with Gasteiger partial charge in [-0.2, -0.15) is 0 Å². The second-order valence-corrected chi connectivity index (χ2v) is 8.37. The zero-order chi connectivity index (χ0) is 20.5. The zero-order valence-corrected chi connectivity index (χ0v) is 17.5. The number of aliphatic hydroxyl groups excluding tert-OH is 1. The Labute approximate surface area is 179 Å². The molecule has 0 aliphatic heterocycles. The quantitative estimate of drug-likeness (QED) is 0.404. The molecule has 6 heteroatoms. The molecule has 2 aromatic heterocycles. The maximum Gasteiger partial charge on any atom is 0.195 e. The van der Waals surface area contributed by atoms with E-state index in [1.54, 1.807) is 6.33 Å². The Morgan fingerprint density at radius 1 is 0.900 bits per heavy atom. The van der Waals surface area contributed by atoms with E-state index in [2.05, 4.69) is 70.2 Å². The van der Waals surface area contributed by atoms with Gasteiger partial charge < -0.3 is 9.67 Å². The normalized spacial score (nSPS) is 12.6. The summed E-state index contributed by atoms with van der Waals surface area (Å²) in [7, 11) is 0. The van der Waals surface area contributed by atoms with E-state index in [1.165, 1.54) is 22.5 Å². The lowest BCUT2D eigenvalue weighted by Crippen LogP contribution is -2.18. The Kier molecular flexibility index (Phi) is 5.02.